The van der Waals surface area contributed by atoms with Crippen molar-refractivity contribution in [2.24, 2.45) is 0 Å². The van der Waals surface area contributed by atoms with Crippen molar-refractivity contribution in [3.63, 3.8) is 0 Å². The van der Waals surface area contributed by atoms with Gasteiger partial charge in [0.05, 0.1) is 5.56 Å². The number of amides is 1. The first-order valence-electron chi connectivity index (χ1n) is 6.12. The summed E-state index contributed by atoms with van der Waals surface area (Å²) in [6, 6.07) is 11.5. The molecule has 0 aliphatic rings. The molecule has 0 atom stereocenters. The molecule has 0 saturated heterocycles. The molecule has 2 aromatic rings. The number of nitrogens with one attached hydrogen (secondary N) is 1. The van der Waals surface area contributed by atoms with Crippen LogP contribution in [0.3, 0.4) is 0 Å². The molecule has 98 valence electrons. The average Bonchev–Trinajstić information content (AvgIpc) is 2.46. The minimum absolute atomic E-state index is 0.110. The molecule has 0 spiro atoms. The molecule has 19 heavy (non-hydrogen) atoms. The van der Waals surface area contributed by atoms with E-state index in [-0.39, 0.29) is 5.91 Å². The van der Waals surface area contributed by atoms with Crippen molar-refractivity contribution in [3.05, 3.63) is 59.9 Å². The second kappa shape index (κ2) is 6.00. The Morgan fingerprint density at radius 1 is 1.21 bits per heavy atom. The summed E-state index contributed by atoms with van der Waals surface area (Å²) in [5.41, 5.74) is 2.77. The van der Waals surface area contributed by atoms with E-state index in [1.54, 1.807) is 24.5 Å². The van der Waals surface area contributed by atoms with Crippen molar-refractivity contribution in [2.45, 2.75) is 6.54 Å². The van der Waals surface area contributed by atoms with Crippen LogP contribution in [0.4, 0.5) is 5.69 Å². The molecule has 1 aromatic heterocycles. The maximum atomic E-state index is 11.9. The molecule has 0 bridgehead atoms. The third-order valence-corrected chi connectivity index (χ3v) is 2.84. The summed E-state index contributed by atoms with van der Waals surface area (Å²) in [6.45, 7) is 0.502. The Hall–Kier alpha value is -2.36. The van der Waals surface area contributed by atoms with Gasteiger partial charge in [-0.15, -0.1) is 0 Å². The second-order valence-electron chi connectivity index (χ2n) is 4.45. The van der Waals surface area contributed by atoms with Gasteiger partial charge in [0.15, 0.2) is 0 Å². The molecule has 0 aliphatic carbocycles. The van der Waals surface area contributed by atoms with Gasteiger partial charge < -0.3 is 10.2 Å². The number of nitrogens with zero attached hydrogens (tertiary/aromatic N) is 2. The number of hydrogen-bond acceptors (Lipinski definition) is 3. The first-order chi connectivity index (χ1) is 9.18. The summed E-state index contributed by atoms with van der Waals surface area (Å²) in [7, 11) is 3.98. The van der Waals surface area contributed by atoms with E-state index >= 15 is 0 Å². The van der Waals surface area contributed by atoms with Crippen LogP contribution in [-0.4, -0.2) is 25.0 Å². The molecular formula is C15H17N3O. The fraction of sp³-hybridized carbons (Fsp3) is 0.200. The van der Waals surface area contributed by atoms with Crippen LogP contribution in [0.15, 0.2) is 48.8 Å². The van der Waals surface area contributed by atoms with Gasteiger partial charge in [-0.25, -0.2) is 0 Å². The number of rotatable bonds is 4. The van der Waals surface area contributed by atoms with Crippen LogP contribution in [0.25, 0.3) is 0 Å². The highest BCUT2D eigenvalue weighted by molar-refractivity contribution is 5.93. The van der Waals surface area contributed by atoms with Gasteiger partial charge in [0.25, 0.3) is 5.91 Å². The number of anilines is 1. The molecule has 2 rings (SSSR count). The zero-order valence-electron chi connectivity index (χ0n) is 11.1. The predicted molar refractivity (Wildman–Crippen MR) is 76.2 cm³/mol. The number of carbonyl (C=O) groups is 1. The van der Waals surface area contributed by atoms with Crippen molar-refractivity contribution in [1.29, 1.82) is 0 Å². The largest absolute Gasteiger partial charge is 0.377 e. The number of hydrogen-bond donors (Lipinski definition) is 1. The molecule has 0 unspecified atom stereocenters. The first-order valence-corrected chi connectivity index (χ1v) is 6.12. The SMILES string of the molecule is CN(C)c1ccccc1CNC(=O)c1cccnc1. The molecule has 0 radical (unpaired) electrons. The highest BCUT2D eigenvalue weighted by atomic mass is 16.1. The summed E-state index contributed by atoms with van der Waals surface area (Å²) in [6.07, 6.45) is 3.21. The van der Waals surface area contributed by atoms with Crippen molar-refractivity contribution >= 4 is 11.6 Å². The molecule has 1 amide bonds. The summed E-state index contributed by atoms with van der Waals surface area (Å²) < 4.78 is 0. The van der Waals surface area contributed by atoms with Crippen LogP contribution in [-0.2, 0) is 6.54 Å². The van der Waals surface area contributed by atoms with Gasteiger partial charge in [0, 0.05) is 38.7 Å². The van der Waals surface area contributed by atoms with Crippen LogP contribution in [0.1, 0.15) is 15.9 Å². The number of benzene rings is 1. The minimum atomic E-state index is -0.110. The Bertz CT molecular complexity index is 552. The molecular weight excluding hydrogens is 238 g/mol. The summed E-state index contributed by atoms with van der Waals surface area (Å²) in [5.74, 6) is -0.110. The monoisotopic (exact) mass is 255 g/mol. The molecule has 1 aromatic carbocycles. The summed E-state index contributed by atoms with van der Waals surface area (Å²) in [4.78, 5) is 17.9. The van der Waals surface area contributed by atoms with Gasteiger partial charge in [0.2, 0.25) is 0 Å². The molecule has 4 nitrogen and oxygen atoms in total. The molecule has 0 aliphatic heterocycles. The highest BCUT2D eigenvalue weighted by Crippen LogP contribution is 2.17. The van der Waals surface area contributed by atoms with Crippen LogP contribution >= 0.6 is 0 Å². The molecule has 4 heteroatoms. The Labute approximate surface area is 113 Å². The van der Waals surface area contributed by atoms with Crippen LogP contribution in [0.2, 0.25) is 0 Å². The predicted octanol–water partition coefficient (Wildman–Crippen LogP) is 2.08. The van der Waals surface area contributed by atoms with E-state index in [2.05, 4.69) is 10.3 Å². The van der Waals surface area contributed by atoms with E-state index in [0.29, 0.717) is 12.1 Å². The Morgan fingerprint density at radius 2 is 2.00 bits per heavy atom. The van der Waals surface area contributed by atoms with Gasteiger partial charge in [-0.05, 0) is 23.8 Å². The highest BCUT2D eigenvalue weighted by Gasteiger charge is 2.07. The number of para-hydroxylation sites is 1. The number of pyridine rings is 1. The molecule has 1 N–H and O–H groups in total. The zero-order valence-corrected chi connectivity index (χ0v) is 11.1. The van der Waals surface area contributed by atoms with E-state index in [4.69, 9.17) is 0 Å². The fourth-order valence-corrected chi connectivity index (χ4v) is 1.87. The lowest BCUT2D eigenvalue weighted by Gasteiger charge is -2.17. The van der Waals surface area contributed by atoms with E-state index in [9.17, 15) is 4.79 Å². The smallest absolute Gasteiger partial charge is 0.253 e. The van der Waals surface area contributed by atoms with Crippen LogP contribution < -0.4 is 10.2 Å². The Kier molecular flexibility index (Phi) is 4.13. The standard InChI is InChI=1S/C15H17N3O/c1-18(2)14-8-4-3-6-12(14)11-17-15(19)13-7-5-9-16-10-13/h3-10H,11H2,1-2H3,(H,17,19). The third-order valence-electron chi connectivity index (χ3n) is 2.84. The van der Waals surface area contributed by atoms with E-state index in [0.717, 1.165) is 11.3 Å². The van der Waals surface area contributed by atoms with Crippen LogP contribution in [0.5, 0.6) is 0 Å². The maximum Gasteiger partial charge on any atom is 0.253 e. The minimum Gasteiger partial charge on any atom is -0.377 e. The van der Waals surface area contributed by atoms with Gasteiger partial charge in [-0.2, -0.15) is 0 Å². The zero-order chi connectivity index (χ0) is 13.7. The molecule has 0 saturated carbocycles. The normalized spacial score (nSPS) is 10.0. The lowest BCUT2D eigenvalue weighted by Crippen LogP contribution is -2.24. The second-order valence-corrected chi connectivity index (χ2v) is 4.45. The van der Waals surface area contributed by atoms with E-state index in [1.807, 2.05) is 43.3 Å². The molecule has 0 fully saturated rings. The van der Waals surface area contributed by atoms with E-state index in [1.165, 1.54) is 0 Å². The summed E-state index contributed by atoms with van der Waals surface area (Å²) >= 11 is 0. The number of carbonyl (C=O) groups excluding carboxylic acids is 1. The van der Waals surface area contributed by atoms with Crippen molar-refractivity contribution in [3.8, 4) is 0 Å². The summed E-state index contributed by atoms with van der Waals surface area (Å²) in [5, 5.41) is 2.90. The number of aromatic nitrogens is 1. The average molecular weight is 255 g/mol. The maximum absolute atomic E-state index is 11.9. The van der Waals surface area contributed by atoms with Gasteiger partial charge >= 0.3 is 0 Å². The van der Waals surface area contributed by atoms with Gasteiger partial charge in [-0.3, -0.25) is 9.78 Å². The van der Waals surface area contributed by atoms with Crippen molar-refractivity contribution in [2.75, 3.05) is 19.0 Å². The van der Waals surface area contributed by atoms with Crippen LogP contribution in [0, 0.1) is 0 Å². The molecule has 1 heterocycles. The van der Waals surface area contributed by atoms with E-state index < -0.39 is 0 Å². The fourth-order valence-electron chi connectivity index (χ4n) is 1.87. The van der Waals surface area contributed by atoms with Gasteiger partial charge in [0.1, 0.15) is 0 Å². The Morgan fingerprint density at radius 3 is 2.68 bits per heavy atom. The van der Waals surface area contributed by atoms with Gasteiger partial charge in [-0.1, -0.05) is 18.2 Å². The Balaban J connectivity index is 2.05. The topological polar surface area (TPSA) is 45.2 Å². The quantitative estimate of drug-likeness (QED) is 0.909. The lowest BCUT2D eigenvalue weighted by atomic mass is 10.1. The lowest BCUT2D eigenvalue weighted by molar-refractivity contribution is 0.0950. The third kappa shape index (κ3) is 3.31. The van der Waals surface area contributed by atoms with Crippen molar-refractivity contribution in [1.82, 2.24) is 10.3 Å². The first kappa shape index (κ1) is 13.1. The van der Waals surface area contributed by atoms with Crippen molar-refractivity contribution < 1.29 is 4.79 Å².